The molecule has 0 heterocycles. The van der Waals surface area contributed by atoms with Gasteiger partial charge in [-0.3, -0.25) is 4.79 Å². The Hall–Kier alpha value is -3.41. The number of hydrogen-bond donors (Lipinski definition) is 3. The third kappa shape index (κ3) is 4.32. The van der Waals surface area contributed by atoms with Crippen LogP contribution >= 0.6 is 0 Å². The zero-order chi connectivity index (χ0) is 17.6. The SMILES string of the molecule is O=C(CNC(=O)Nc1cccc2ccccc12)Nc1ccc(F)cc1. The predicted octanol–water partition coefficient (Wildman–Crippen LogP) is 3.74. The van der Waals surface area contributed by atoms with Gasteiger partial charge in [0.1, 0.15) is 5.82 Å². The van der Waals surface area contributed by atoms with E-state index in [0.717, 1.165) is 10.8 Å². The van der Waals surface area contributed by atoms with Crippen LogP contribution in [0.15, 0.2) is 66.7 Å². The molecule has 3 N–H and O–H groups in total. The lowest BCUT2D eigenvalue weighted by Gasteiger charge is -2.10. The minimum atomic E-state index is -0.481. The van der Waals surface area contributed by atoms with E-state index in [0.29, 0.717) is 11.4 Å². The van der Waals surface area contributed by atoms with Crippen LogP contribution in [-0.4, -0.2) is 18.5 Å². The topological polar surface area (TPSA) is 70.2 Å². The fourth-order valence-corrected chi connectivity index (χ4v) is 2.40. The number of hydrogen-bond acceptors (Lipinski definition) is 2. The molecule has 0 saturated heterocycles. The summed E-state index contributed by atoms with van der Waals surface area (Å²) in [6.07, 6.45) is 0. The maximum Gasteiger partial charge on any atom is 0.319 e. The molecular formula is C19H16FN3O2. The number of benzene rings is 3. The molecule has 3 rings (SSSR count). The number of fused-ring (bicyclic) bond motifs is 1. The Labute approximate surface area is 143 Å². The van der Waals surface area contributed by atoms with Crippen LogP contribution in [0.5, 0.6) is 0 Å². The lowest BCUT2D eigenvalue weighted by Crippen LogP contribution is -2.35. The minimum absolute atomic E-state index is 0.200. The number of carbonyl (C=O) groups is 2. The standard InChI is InChI=1S/C19H16FN3O2/c20-14-8-10-15(11-9-14)22-18(24)12-21-19(25)23-17-7-3-5-13-4-1-2-6-16(13)17/h1-11H,12H2,(H,22,24)(H2,21,23,25). The number of carbonyl (C=O) groups excluding carboxylic acids is 2. The Morgan fingerprint density at radius 3 is 2.36 bits per heavy atom. The first-order chi connectivity index (χ1) is 12.1. The molecule has 3 aromatic rings. The lowest BCUT2D eigenvalue weighted by atomic mass is 10.1. The number of anilines is 2. The molecule has 0 fully saturated rings. The number of nitrogens with one attached hydrogen (secondary N) is 3. The van der Waals surface area contributed by atoms with E-state index in [2.05, 4.69) is 16.0 Å². The summed E-state index contributed by atoms with van der Waals surface area (Å²) in [7, 11) is 0. The summed E-state index contributed by atoms with van der Waals surface area (Å²) in [5.74, 6) is -0.787. The first-order valence-corrected chi connectivity index (χ1v) is 7.70. The summed E-state index contributed by atoms with van der Waals surface area (Å²) < 4.78 is 12.8. The van der Waals surface area contributed by atoms with Crippen molar-refractivity contribution in [2.24, 2.45) is 0 Å². The molecule has 0 aromatic heterocycles. The number of halogens is 1. The first kappa shape index (κ1) is 16.4. The van der Waals surface area contributed by atoms with Crippen LogP contribution in [0.25, 0.3) is 10.8 Å². The molecule has 0 aliphatic carbocycles. The summed E-state index contributed by atoms with van der Waals surface area (Å²) in [5.41, 5.74) is 1.12. The summed E-state index contributed by atoms with van der Waals surface area (Å²) in [4.78, 5) is 23.8. The Morgan fingerprint density at radius 1 is 0.840 bits per heavy atom. The fourth-order valence-electron chi connectivity index (χ4n) is 2.40. The highest BCUT2D eigenvalue weighted by Gasteiger charge is 2.08. The average molecular weight is 337 g/mol. The van der Waals surface area contributed by atoms with Crippen LogP contribution in [0.4, 0.5) is 20.6 Å². The van der Waals surface area contributed by atoms with Crippen LogP contribution in [0, 0.1) is 5.82 Å². The van der Waals surface area contributed by atoms with E-state index in [1.807, 2.05) is 36.4 Å². The zero-order valence-corrected chi connectivity index (χ0v) is 13.3. The maximum atomic E-state index is 12.8. The summed E-state index contributed by atoms with van der Waals surface area (Å²) >= 11 is 0. The largest absolute Gasteiger partial charge is 0.329 e. The van der Waals surface area contributed by atoms with Crippen molar-refractivity contribution in [1.82, 2.24) is 5.32 Å². The molecule has 0 aliphatic rings. The van der Waals surface area contributed by atoms with Gasteiger partial charge in [-0.15, -0.1) is 0 Å². The fraction of sp³-hybridized carbons (Fsp3) is 0.0526. The Bertz CT molecular complexity index is 905. The third-order valence-electron chi connectivity index (χ3n) is 3.58. The van der Waals surface area contributed by atoms with Crippen molar-refractivity contribution in [3.8, 4) is 0 Å². The number of urea groups is 1. The van der Waals surface area contributed by atoms with Crippen molar-refractivity contribution < 1.29 is 14.0 Å². The zero-order valence-electron chi connectivity index (χ0n) is 13.3. The van der Waals surface area contributed by atoms with Gasteiger partial charge >= 0.3 is 6.03 Å². The van der Waals surface area contributed by atoms with Crippen LogP contribution < -0.4 is 16.0 Å². The van der Waals surface area contributed by atoms with Crippen molar-refractivity contribution in [3.05, 3.63) is 72.5 Å². The van der Waals surface area contributed by atoms with Crippen molar-refractivity contribution in [1.29, 1.82) is 0 Å². The highest BCUT2D eigenvalue weighted by Crippen LogP contribution is 2.22. The molecule has 3 amide bonds. The molecule has 25 heavy (non-hydrogen) atoms. The molecule has 126 valence electrons. The van der Waals surface area contributed by atoms with Gasteiger partial charge in [0.2, 0.25) is 5.91 Å². The second-order valence-corrected chi connectivity index (χ2v) is 5.39. The second kappa shape index (κ2) is 7.44. The summed E-state index contributed by atoms with van der Waals surface area (Å²) in [6.45, 7) is -0.200. The van der Waals surface area contributed by atoms with Gasteiger partial charge in [-0.25, -0.2) is 9.18 Å². The first-order valence-electron chi connectivity index (χ1n) is 7.70. The van der Waals surface area contributed by atoms with Crippen molar-refractivity contribution in [2.75, 3.05) is 17.2 Å². The van der Waals surface area contributed by atoms with Gasteiger partial charge in [-0.05, 0) is 35.7 Å². The molecular weight excluding hydrogens is 321 g/mol. The molecule has 0 bridgehead atoms. The van der Waals surface area contributed by atoms with Gasteiger partial charge < -0.3 is 16.0 Å². The molecule has 0 atom stereocenters. The predicted molar refractivity (Wildman–Crippen MR) is 96.0 cm³/mol. The van der Waals surface area contributed by atoms with E-state index in [1.54, 1.807) is 6.07 Å². The summed E-state index contributed by atoms with van der Waals surface area (Å²) in [5, 5.41) is 9.71. The van der Waals surface area contributed by atoms with Crippen LogP contribution in [-0.2, 0) is 4.79 Å². The molecule has 5 nitrogen and oxygen atoms in total. The number of rotatable bonds is 4. The van der Waals surface area contributed by atoms with E-state index in [9.17, 15) is 14.0 Å². The molecule has 0 aliphatic heterocycles. The van der Waals surface area contributed by atoms with Crippen molar-refractivity contribution in [2.45, 2.75) is 0 Å². The van der Waals surface area contributed by atoms with Crippen LogP contribution in [0.3, 0.4) is 0 Å². The monoisotopic (exact) mass is 337 g/mol. The van der Waals surface area contributed by atoms with E-state index < -0.39 is 11.9 Å². The normalized spacial score (nSPS) is 10.3. The van der Waals surface area contributed by atoms with Crippen LogP contribution in [0.1, 0.15) is 0 Å². The summed E-state index contributed by atoms with van der Waals surface area (Å²) in [6, 6.07) is 18.2. The molecule has 6 heteroatoms. The smallest absolute Gasteiger partial charge is 0.319 e. The highest BCUT2D eigenvalue weighted by molar-refractivity contribution is 6.03. The highest BCUT2D eigenvalue weighted by atomic mass is 19.1. The van der Waals surface area contributed by atoms with Gasteiger partial charge in [-0.2, -0.15) is 0 Å². The maximum absolute atomic E-state index is 12.8. The quantitative estimate of drug-likeness (QED) is 0.679. The van der Waals surface area contributed by atoms with Crippen molar-refractivity contribution >= 4 is 34.1 Å². The van der Waals surface area contributed by atoms with E-state index in [1.165, 1.54) is 24.3 Å². The Kier molecular flexibility index (Phi) is 4.89. The molecule has 0 saturated carbocycles. The number of amides is 3. The van der Waals surface area contributed by atoms with E-state index in [4.69, 9.17) is 0 Å². The average Bonchev–Trinajstić information content (AvgIpc) is 2.62. The minimum Gasteiger partial charge on any atom is -0.329 e. The van der Waals surface area contributed by atoms with E-state index >= 15 is 0 Å². The van der Waals surface area contributed by atoms with Gasteiger partial charge in [0.15, 0.2) is 0 Å². The molecule has 0 spiro atoms. The van der Waals surface area contributed by atoms with Gasteiger partial charge in [0.05, 0.1) is 12.2 Å². The Morgan fingerprint density at radius 2 is 1.56 bits per heavy atom. The van der Waals surface area contributed by atoms with Gasteiger partial charge in [-0.1, -0.05) is 36.4 Å². The molecule has 3 aromatic carbocycles. The van der Waals surface area contributed by atoms with E-state index in [-0.39, 0.29) is 12.4 Å². The second-order valence-electron chi connectivity index (χ2n) is 5.39. The molecule has 0 unspecified atom stereocenters. The molecule has 0 radical (unpaired) electrons. The van der Waals surface area contributed by atoms with Gasteiger partial charge in [0, 0.05) is 11.1 Å². The van der Waals surface area contributed by atoms with Gasteiger partial charge in [0.25, 0.3) is 0 Å². The third-order valence-corrected chi connectivity index (χ3v) is 3.58. The van der Waals surface area contributed by atoms with Crippen molar-refractivity contribution in [3.63, 3.8) is 0 Å². The Balaban J connectivity index is 1.55. The van der Waals surface area contributed by atoms with Crippen LogP contribution in [0.2, 0.25) is 0 Å². The lowest BCUT2D eigenvalue weighted by molar-refractivity contribution is -0.115.